The van der Waals surface area contributed by atoms with Crippen LogP contribution in [-0.4, -0.2) is 6.54 Å². The van der Waals surface area contributed by atoms with Gasteiger partial charge in [-0.15, -0.1) is 0 Å². The molecular formula is C13H17ClFN. The summed E-state index contributed by atoms with van der Waals surface area (Å²) >= 11 is 6.00. The van der Waals surface area contributed by atoms with Crippen LogP contribution in [-0.2, 0) is 0 Å². The van der Waals surface area contributed by atoms with Crippen molar-refractivity contribution in [1.29, 1.82) is 0 Å². The number of hydrogen-bond donors (Lipinski definition) is 1. The molecule has 3 heteroatoms. The Balaban J connectivity index is 1.94. The van der Waals surface area contributed by atoms with E-state index >= 15 is 0 Å². The van der Waals surface area contributed by atoms with Crippen molar-refractivity contribution >= 4 is 11.6 Å². The minimum absolute atomic E-state index is 0.181. The van der Waals surface area contributed by atoms with Crippen LogP contribution in [0.4, 0.5) is 4.39 Å². The minimum atomic E-state index is -0.281. The highest BCUT2D eigenvalue weighted by molar-refractivity contribution is 6.31. The molecule has 16 heavy (non-hydrogen) atoms. The van der Waals surface area contributed by atoms with Crippen LogP contribution in [0.5, 0.6) is 0 Å². The quantitative estimate of drug-likeness (QED) is 0.846. The predicted molar refractivity (Wildman–Crippen MR) is 65.1 cm³/mol. The molecule has 88 valence electrons. The first-order valence-electron chi connectivity index (χ1n) is 5.76. The number of rotatable bonds is 4. The van der Waals surface area contributed by atoms with E-state index in [4.69, 9.17) is 11.6 Å². The van der Waals surface area contributed by atoms with Gasteiger partial charge in [-0.2, -0.15) is 0 Å². The van der Waals surface area contributed by atoms with Gasteiger partial charge in [0.15, 0.2) is 0 Å². The van der Waals surface area contributed by atoms with Crippen LogP contribution in [0.25, 0.3) is 0 Å². The monoisotopic (exact) mass is 241 g/mol. The largest absolute Gasteiger partial charge is 0.310 e. The highest BCUT2D eigenvalue weighted by Crippen LogP contribution is 2.37. The summed E-state index contributed by atoms with van der Waals surface area (Å²) < 4.78 is 12.9. The van der Waals surface area contributed by atoms with Crippen molar-refractivity contribution < 1.29 is 4.39 Å². The maximum Gasteiger partial charge on any atom is 0.124 e. The van der Waals surface area contributed by atoms with E-state index in [0.29, 0.717) is 5.02 Å². The molecule has 0 heterocycles. The molecule has 1 aliphatic carbocycles. The highest BCUT2D eigenvalue weighted by atomic mass is 35.5. The Morgan fingerprint density at radius 1 is 1.56 bits per heavy atom. The van der Waals surface area contributed by atoms with Gasteiger partial charge in [0.05, 0.1) is 0 Å². The van der Waals surface area contributed by atoms with Gasteiger partial charge < -0.3 is 5.32 Å². The fourth-order valence-corrected chi connectivity index (χ4v) is 2.31. The van der Waals surface area contributed by atoms with Gasteiger partial charge in [0, 0.05) is 11.1 Å². The van der Waals surface area contributed by atoms with Gasteiger partial charge in [0.1, 0.15) is 5.82 Å². The maximum atomic E-state index is 12.9. The average Bonchev–Trinajstić information content (AvgIpc) is 2.91. The van der Waals surface area contributed by atoms with Gasteiger partial charge in [-0.05, 0) is 49.4 Å². The number of hydrogen-bond acceptors (Lipinski definition) is 1. The summed E-state index contributed by atoms with van der Waals surface area (Å²) in [7, 11) is 0. The van der Waals surface area contributed by atoms with E-state index in [1.165, 1.54) is 18.6 Å². The third-order valence-corrected chi connectivity index (χ3v) is 3.72. The molecule has 0 aliphatic heterocycles. The SMILES string of the molecule is CC(NCC1CC1C)c1ccc(F)cc1Cl. The van der Waals surface area contributed by atoms with Crippen molar-refractivity contribution in [1.82, 2.24) is 5.32 Å². The average molecular weight is 242 g/mol. The molecule has 0 spiro atoms. The minimum Gasteiger partial charge on any atom is -0.310 e. The molecule has 1 aromatic rings. The van der Waals surface area contributed by atoms with Crippen molar-refractivity contribution in [2.45, 2.75) is 26.3 Å². The lowest BCUT2D eigenvalue weighted by Gasteiger charge is -2.15. The Labute approximate surface area is 101 Å². The third kappa shape index (κ3) is 2.74. The Kier molecular flexibility index (Phi) is 3.50. The second-order valence-corrected chi connectivity index (χ2v) is 5.18. The molecule has 0 bridgehead atoms. The van der Waals surface area contributed by atoms with Crippen LogP contribution < -0.4 is 5.32 Å². The summed E-state index contributed by atoms with van der Waals surface area (Å²) in [5.74, 6) is 1.38. The van der Waals surface area contributed by atoms with E-state index in [0.717, 1.165) is 23.9 Å². The predicted octanol–water partition coefficient (Wildman–Crippen LogP) is 3.79. The molecule has 3 unspecified atom stereocenters. The zero-order chi connectivity index (χ0) is 11.7. The summed E-state index contributed by atoms with van der Waals surface area (Å²) in [5, 5.41) is 3.95. The fourth-order valence-electron chi connectivity index (χ4n) is 1.97. The third-order valence-electron chi connectivity index (χ3n) is 3.39. The number of nitrogens with one attached hydrogen (secondary N) is 1. The summed E-state index contributed by atoms with van der Waals surface area (Å²) in [6.45, 7) is 5.35. The fraction of sp³-hybridized carbons (Fsp3) is 0.538. The molecule has 1 aromatic carbocycles. The van der Waals surface area contributed by atoms with Crippen LogP contribution in [0.1, 0.15) is 31.9 Å². The Hall–Kier alpha value is -0.600. The van der Waals surface area contributed by atoms with Crippen LogP contribution in [0, 0.1) is 17.7 Å². The lowest BCUT2D eigenvalue weighted by molar-refractivity contribution is 0.534. The smallest absolute Gasteiger partial charge is 0.124 e. The van der Waals surface area contributed by atoms with Gasteiger partial charge in [0.25, 0.3) is 0 Å². The topological polar surface area (TPSA) is 12.0 Å². The summed E-state index contributed by atoms with van der Waals surface area (Å²) in [6, 6.07) is 4.76. The van der Waals surface area contributed by atoms with Gasteiger partial charge in [-0.3, -0.25) is 0 Å². The van der Waals surface area contributed by atoms with E-state index in [-0.39, 0.29) is 11.9 Å². The van der Waals surface area contributed by atoms with Gasteiger partial charge in [-0.25, -0.2) is 4.39 Å². The first kappa shape index (κ1) is 11.9. The molecule has 1 N–H and O–H groups in total. The normalized spacial score (nSPS) is 25.5. The first-order valence-corrected chi connectivity index (χ1v) is 6.14. The molecule has 2 rings (SSSR count). The first-order chi connectivity index (χ1) is 7.58. The number of benzene rings is 1. The molecule has 1 fully saturated rings. The molecule has 3 atom stereocenters. The lowest BCUT2D eigenvalue weighted by atomic mass is 10.1. The molecular weight excluding hydrogens is 225 g/mol. The Bertz CT molecular complexity index is 380. The zero-order valence-corrected chi connectivity index (χ0v) is 10.4. The summed E-state index contributed by atoms with van der Waals surface area (Å²) in [4.78, 5) is 0. The molecule has 1 nitrogen and oxygen atoms in total. The Morgan fingerprint density at radius 2 is 2.25 bits per heavy atom. The van der Waals surface area contributed by atoms with Crippen molar-refractivity contribution in [2.24, 2.45) is 11.8 Å². The van der Waals surface area contributed by atoms with Gasteiger partial charge >= 0.3 is 0 Å². The summed E-state index contributed by atoms with van der Waals surface area (Å²) in [5.41, 5.74) is 0.969. The van der Waals surface area contributed by atoms with Crippen molar-refractivity contribution in [3.8, 4) is 0 Å². The Morgan fingerprint density at radius 3 is 2.81 bits per heavy atom. The molecule has 0 aromatic heterocycles. The van der Waals surface area contributed by atoms with Crippen molar-refractivity contribution in [3.05, 3.63) is 34.6 Å². The van der Waals surface area contributed by atoms with Crippen LogP contribution in [0.15, 0.2) is 18.2 Å². The van der Waals surface area contributed by atoms with Gasteiger partial charge in [0.2, 0.25) is 0 Å². The highest BCUT2D eigenvalue weighted by Gasteiger charge is 2.32. The second-order valence-electron chi connectivity index (χ2n) is 4.77. The van der Waals surface area contributed by atoms with Crippen molar-refractivity contribution in [2.75, 3.05) is 6.54 Å². The molecule has 0 saturated heterocycles. The second kappa shape index (κ2) is 4.72. The van der Waals surface area contributed by atoms with Gasteiger partial charge in [-0.1, -0.05) is 24.6 Å². The van der Waals surface area contributed by atoms with Crippen LogP contribution >= 0.6 is 11.6 Å². The van der Waals surface area contributed by atoms with Crippen molar-refractivity contribution in [3.63, 3.8) is 0 Å². The molecule has 0 amide bonds. The standard InChI is InChI=1S/C13H17ClFN/c1-8-5-10(8)7-16-9(2)12-4-3-11(15)6-13(12)14/h3-4,6,8-10,16H,5,7H2,1-2H3. The lowest BCUT2D eigenvalue weighted by Crippen LogP contribution is -2.21. The molecule has 1 saturated carbocycles. The zero-order valence-electron chi connectivity index (χ0n) is 9.63. The van der Waals surface area contributed by atoms with E-state index in [2.05, 4.69) is 19.2 Å². The molecule has 0 radical (unpaired) electrons. The summed E-state index contributed by atoms with van der Waals surface area (Å²) in [6.07, 6.45) is 1.32. The van der Waals surface area contributed by atoms with E-state index in [1.807, 2.05) is 0 Å². The van der Waals surface area contributed by atoms with E-state index in [1.54, 1.807) is 6.07 Å². The van der Waals surface area contributed by atoms with Crippen LogP contribution in [0.3, 0.4) is 0 Å². The van der Waals surface area contributed by atoms with Crippen LogP contribution in [0.2, 0.25) is 5.02 Å². The van der Waals surface area contributed by atoms with E-state index in [9.17, 15) is 4.39 Å². The molecule has 1 aliphatic rings. The number of halogens is 2. The van der Waals surface area contributed by atoms with E-state index < -0.39 is 0 Å². The maximum absolute atomic E-state index is 12.9.